The summed E-state index contributed by atoms with van der Waals surface area (Å²) in [4.78, 5) is 12.9. The second kappa shape index (κ2) is 7.61. The highest BCUT2D eigenvalue weighted by atomic mass is 35.5. The van der Waals surface area contributed by atoms with Crippen LogP contribution in [0.1, 0.15) is 25.3 Å². The van der Waals surface area contributed by atoms with Gasteiger partial charge in [0.25, 0.3) is 5.54 Å². The van der Waals surface area contributed by atoms with E-state index in [-0.39, 0.29) is 27.0 Å². The molecule has 8 nitrogen and oxygen atoms in total. The lowest BCUT2D eigenvalue weighted by Gasteiger charge is -2.12. The molecule has 0 spiro atoms. The van der Waals surface area contributed by atoms with Crippen LogP contribution in [0, 0.1) is 6.57 Å². The molecule has 166 valence electrons. The molecule has 1 fully saturated rings. The fourth-order valence-electron chi connectivity index (χ4n) is 3.89. The Bertz CT molecular complexity index is 1550. The van der Waals surface area contributed by atoms with Gasteiger partial charge in [0.2, 0.25) is 0 Å². The third kappa shape index (κ3) is 3.56. The molecule has 0 bridgehead atoms. The van der Waals surface area contributed by atoms with Crippen LogP contribution in [0.4, 0.5) is 0 Å². The van der Waals surface area contributed by atoms with Gasteiger partial charge in [-0.3, -0.25) is 4.98 Å². The fourth-order valence-corrected chi connectivity index (χ4v) is 5.09. The molecule has 10 heteroatoms. The van der Waals surface area contributed by atoms with Crippen LogP contribution in [0.3, 0.4) is 0 Å². The molecular formula is C23H19ClN6O2S. The monoisotopic (exact) mass is 478 g/mol. The van der Waals surface area contributed by atoms with Crippen molar-refractivity contribution in [3.05, 3.63) is 64.7 Å². The van der Waals surface area contributed by atoms with E-state index in [2.05, 4.69) is 25.0 Å². The Kier molecular flexibility index (Phi) is 4.96. The summed E-state index contributed by atoms with van der Waals surface area (Å²) in [6.45, 7) is 9.04. The first-order chi connectivity index (χ1) is 15.8. The van der Waals surface area contributed by atoms with Crippen LogP contribution in [0.5, 0.6) is 0 Å². The van der Waals surface area contributed by atoms with E-state index in [4.69, 9.17) is 18.2 Å². The molecule has 3 aromatic heterocycles. The number of hydrogen-bond acceptors (Lipinski definition) is 6. The van der Waals surface area contributed by atoms with Crippen LogP contribution in [-0.4, -0.2) is 38.9 Å². The van der Waals surface area contributed by atoms with Crippen molar-refractivity contribution in [3.63, 3.8) is 0 Å². The summed E-state index contributed by atoms with van der Waals surface area (Å²) < 4.78 is 27.7. The van der Waals surface area contributed by atoms with E-state index in [1.165, 1.54) is 0 Å². The van der Waals surface area contributed by atoms with Crippen LogP contribution in [0.2, 0.25) is 5.15 Å². The number of fused-ring (bicyclic) bond motifs is 1. The molecule has 0 saturated heterocycles. The number of halogens is 1. The van der Waals surface area contributed by atoms with Gasteiger partial charge in [-0.1, -0.05) is 42.8 Å². The lowest BCUT2D eigenvalue weighted by Crippen LogP contribution is -2.09. The van der Waals surface area contributed by atoms with Crippen molar-refractivity contribution in [3.8, 4) is 22.6 Å². The van der Waals surface area contributed by atoms with Crippen molar-refractivity contribution >= 4 is 32.6 Å². The minimum atomic E-state index is -3.61. The highest BCUT2D eigenvalue weighted by molar-refractivity contribution is 7.91. The summed E-state index contributed by atoms with van der Waals surface area (Å²) in [5.74, 6) is 0.288. The van der Waals surface area contributed by atoms with Crippen molar-refractivity contribution in [1.82, 2.24) is 24.7 Å². The van der Waals surface area contributed by atoms with E-state index in [1.54, 1.807) is 36.9 Å². The molecule has 33 heavy (non-hydrogen) atoms. The number of sulfone groups is 1. The van der Waals surface area contributed by atoms with Crippen molar-refractivity contribution in [2.75, 3.05) is 5.75 Å². The van der Waals surface area contributed by atoms with Gasteiger partial charge in [-0.25, -0.2) is 20.0 Å². The van der Waals surface area contributed by atoms with Gasteiger partial charge in [-0.15, -0.1) is 10.2 Å². The molecule has 0 radical (unpaired) electrons. The number of aryl methyl sites for hydroxylation is 1. The maximum atomic E-state index is 13.0. The lowest BCUT2D eigenvalue weighted by molar-refractivity contribution is 0.597. The maximum Gasteiger partial charge on any atom is 0.258 e. The first-order valence-corrected chi connectivity index (χ1v) is 12.4. The van der Waals surface area contributed by atoms with E-state index in [1.807, 2.05) is 24.3 Å². The number of nitrogens with zero attached hydrogens (tertiary/aromatic N) is 6. The smallest absolute Gasteiger partial charge is 0.258 e. The molecule has 0 unspecified atom stereocenters. The van der Waals surface area contributed by atoms with Crippen molar-refractivity contribution < 1.29 is 8.42 Å². The van der Waals surface area contributed by atoms with Gasteiger partial charge in [0, 0.05) is 43.3 Å². The average Bonchev–Trinajstić information content (AvgIpc) is 3.57. The van der Waals surface area contributed by atoms with Crippen LogP contribution < -0.4 is 0 Å². The molecule has 0 N–H and O–H groups in total. The minimum absolute atomic E-state index is 0.0762. The van der Waals surface area contributed by atoms with Crippen LogP contribution in [0.25, 0.3) is 38.7 Å². The van der Waals surface area contributed by atoms with Crippen molar-refractivity contribution in [1.29, 1.82) is 0 Å². The normalized spacial score (nSPS) is 14.8. The molecule has 0 atom stereocenters. The molecule has 1 aliphatic carbocycles. The Balaban J connectivity index is 1.64. The summed E-state index contributed by atoms with van der Waals surface area (Å²) >= 11 is 5.94. The second-order valence-electron chi connectivity index (χ2n) is 8.07. The predicted molar refractivity (Wildman–Crippen MR) is 125 cm³/mol. The molecule has 3 heterocycles. The number of aromatic nitrogens is 5. The third-order valence-electron chi connectivity index (χ3n) is 6.06. The standard InChI is InChI=1S/C23H19ClN6O2S/c1-4-33(31,32)18-11-15(14-5-7-16(8-6-14)23(25-2)9-10-23)13-26-20(18)22-27-17-12-19(24)28-29-21(17)30(22)3/h5-8,11-13H,4,9-10H2,1,3H3. The Morgan fingerprint density at radius 2 is 1.88 bits per heavy atom. The molecule has 0 aliphatic heterocycles. The van der Waals surface area contributed by atoms with Gasteiger partial charge in [0.1, 0.15) is 11.2 Å². The lowest BCUT2D eigenvalue weighted by atomic mass is 10.0. The molecule has 1 aliphatic rings. The predicted octanol–water partition coefficient (Wildman–Crippen LogP) is 4.45. The molecule has 1 saturated carbocycles. The Morgan fingerprint density at radius 3 is 2.52 bits per heavy atom. The third-order valence-corrected chi connectivity index (χ3v) is 7.99. The summed E-state index contributed by atoms with van der Waals surface area (Å²) in [5.41, 5.74) is 3.33. The van der Waals surface area contributed by atoms with Crippen molar-refractivity contribution in [2.45, 2.75) is 30.2 Å². The van der Waals surface area contributed by atoms with Crippen LogP contribution >= 0.6 is 11.6 Å². The van der Waals surface area contributed by atoms with E-state index in [0.29, 0.717) is 22.6 Å². The first-order valence-electron chi connectivity index (χ1n) is 10.4. The number of pyridine rings is 1. The van der Waals surface area contributed by atoms with Crippen molar-refractivity contribution in [2.24, 2.45) is 7.05 Å². The molecule has 5 rings (SSSR count). The van der Waals surface area contributed by atoms with Gasteiger partial charge in [0.15, 0.2) is 26.5 Å². The number of benzene rings is 1. The quantitative estimate of drug-likeness (QED) is 0.393. The van der Waals surface area contributed by atoms with E-state index in [9.17, 15) is 8.42 Å². The van der Waals surface area contributed by atoms with Gasteiger partial charge < -0.3 is 9.41 Å². The molecule has 4 aromatic rings. The minimum Gasteiger partial charge on any atom is -0.309 e. The molecule has 0 amide bonds. The average molecular weight is 479 g/mol. The van der Waals surface area contributed by atoms with E-state index in [0.717, 1.165) is 24.0 Å². The van der Waals surface area contributed by atoms with Gasteiger partial charge in [-0.05, 0) is 11.6 Å². The maximum absolute atomic E-state index is 13.0. The zero-order chi connectivity index (χ0) is 23.4. The Morgan fingerprint density at radius 1 is 1.15 bits per heavy atom. The van der Waals surface area contributed by atoms with Gasteiger partial charge >= 0.3 is 0 Å². The van der Waals surface area contributed by atoms with Crippen LogP contribution in [0.15, 0.2) is 47.5 Å². The number of imidazole rings is 1. The number of hydrogen-bond donors (Lipinski definition) is 0. The van der Waals surface area contributed by atoms with Crippen LogP contribution in [-0.2, 0) is 22.4 Å². The fraction of sp³-hybridized carbons (Fsp3) is 0.261. The zero-order valence-corrected chi connectivity index (χ0v) is 19.5. The topological polar surface area (TPSA) is 95.0 Å². The van der Waals surface area contributed by atoms with Gasteiger partial charge in [-0.2, -0.15) is 0 Å². The van der Waals surface area contributed by atoms with Gasteiger partial charge in [0.05, 0.1) is 10.6 Å². The largest absolute Gasteiger partial charge is 0.309 e. The highest BCUT2D eigenvalue weighted by Gasteiger charge is 2.52. The Hall–Kier alpha value is -3.35. The summed E-state index contributed by atoms with van der Waals surface area (Å²) in [7, 11) is -1.88. The molecule has 1 aromatic carbocycles. The zero-order valence-electron chi connectivity index (χ0n) is 17.9. The summed E-state index contributed by atoms with van der Waals surface area (Å²) in [5, 5.41) is 8.11. The Labute approximate surface area is 196 Å². The SMILES string of the molecule is [C-]#[N+]C1(c2ccc(-c3cnc(-c4nc5cc(Cl)nnc5n4C)c(S(=O)(=O)CC)c3)cc2)CC1. The second-order valence-corrected chi connectivity index (χ2v) is 10.7. The van der Waals surface area contributed by atoms with E-state index < -0.39 is 9.84 Å². The number of rotatable bonds is 5. The van der Waals surface area contributed by atoms with E-state index >= 15 is 0 Å². The first kappa shape index (κ1) is 21.5. The summed E-state index contributed by atoms with van der Waals surface area (Å²) in [6.07, 6.45) is 3.38. The molecular weight excluding hydrogens is 460 g/mol. The highest BCUT2D eigenvalue weighted by Crippen LogP contribution is 2.49. The summed E-state index contributed by atoms with van der Waals surface area (Å²) in [6, 6.07) is 10.9.